The molecule has 0 aromatic heterocycles. The van der Waals surface area contributed by atoms with Crippen molar-refractivity contribution in [2.75, 3.05) is 7.11 Å². The number of esters is 1. The summed E-state index contributed by atoms with van der Waals surface area (Å²) in [6.07, 6.45) is 5.09. The van der Waals surface area contributed by atoms with Gasteiger partial charge in [0.1, 0.15) is 6.04 Å². The lowest BCUT2D eigenvalue weighted by Crippen LogP contribution is -2.44. The molecule has 0 saturated carbocycles. The van der Waals surface area contributed by atoms with Gasteiger partial charge in [-0.2, -0.15) is 0 Å². The van der Waals surface area contributed by atoms with Gasteiger partial charge in [-0.3, -0.25) is 9.59 Å². The number of nitrogens with one attached hydrogen (secondary N) is 1. The van der Waals surface area contributed by atoms with E-state index in [-0.39, 0.29) is 17.5 Å². The van der Waals surface area contributed by atoms with Gasteiger partial charge >= 0.3 is 5.97 Å². The van der Waals surface area contributed by atoms with Crippen molar-refractivity contribution in [1.29, 1.82) is 0 Å². The maximum absolute atomic E-state index is 12.0. The van der Waals surface area contributed by atoms with Gasteiger partial charge in [-0.05, 0) is 18.2 Å². The number of terminal acetylenes is 1. The highest BCUT2D eigenvalue weighted by Crippen LogP contribution is 2.07. The Balaban J connectivity index is 2.90. The van der Waals surface area contributed by atoms with Gasteiger partial charge in [-0.1, -0.05) is 6.07 Å². The van der Waals surface area contributed by atoms with Crippen molar-refractivity contribution in [1.82, 2.24) is 5.32 Å². The van der Waals surface area contributed by atoms with Crippen LogP contribution in [-0.2, 0) is 9.53 Å². The number of hydrogen-bond donors (Lipinski definition) is 2. The normalized spacial score (nSPS) is 11.0. The van der Waals surface area contributed by atoms with E-state index in [4.69, 9.17) is 12.2 Å². The Morgan fingerprint density at radius 3 is 2.60 bits per heavy atom. The Morgan fingerprint density at radius 2 is 2.05 bits per heavy atom. The molecule has 0 unspecified atom stereocenters. The second-order valence-corrected chi connectivity index (χ2v) is 3.91. The molecule has 1 aromatic rings. The van der Waals surface area contributed by atoms with Gasteiger partial charge in [0.15, 0.2) is 0 Å². The van der Waals surface area contributed by atoms with E-state index in [1.165, 1.54) is 31.4 Å². The highest BCUT2D eigenvalue weighted by atomic mass is 16.5. The number of ether oxygens (including phenoxy) is 1. The molecule has 0 radical (unpaired) electrons. The van der Waals surface area contributed by atoms with Crippen LogP contribution in [-0.4, -0.2) is 30.9 Å². The maximum atomic E-state index is 12.0. The van der Waals surface area contributed by atoms with E-state index in [0.29, 0.717) is 0 Å². The summed E-state index contributed by atoms with van der Waals surface area (Å²) in [5, 5.41) is 2.41. The van der Waals surface area contributed by atoms with Crippen LogP contribution < -0.4 is 11.1 Å². The molecule has 20 heavy (non-hydrogen) atoms. The van der Waals surface area contributed by atoms with Crippen molar-refractivity contribution in [3.05, 3.63) is 35.4 Å². The first kappa shape index (κ1) is 15.2. The summed E-state index contributed by atoms with van der Waals surface area (Å²) in [6.45, 7) is 0. The van der Waals surface area contributed by atoms with E-state index >= 15 is 0 Å². The summed E-state index contributed by atoms with van der Waals surface area (Å²) in [4.78, 5) is 34.4. The van der Waals surface area contributed by atoms with Crippen LogP contribution in [0.5, 0.6) is 0 Å². The molecule has 3 N–H and O–H groups in total. The first-order valence-corrected chi connectivity index (χ1v) is 5.71. The summed E-state index contributed by atoms with van der Waals surface area (Å²) in [7, 11) is 1.24. The number of amides is 2. The second kappa shape index (κ2) is 6.95. The summed E-state index contributed by atoms with van der Waals surface area (Å²) in [6, 6.07) is 4.94. The van der Waals surface area contributed by atoms with Gasteiger partial charge in [0, 0.05) is 12.0 Å². The minimum Gasteiger partial charge on any atom is -0.465 e. The van der Waals surface area contributed by atoms with Crippen molar-refractivity contribution in [3.8, 4) is 12.3 Å². The van der Waals surface area contributed by atoms with Crippen LogP contribution in [0.15, 0.2) is 24.3 Å². The molecule has 6 nitrogen and oxygen atoms in total. The summed E-state index contributed by atoms with van der Waals surface area (Å²) in [5.74, 6) is 0.426. The topological polar surface area (TPSA) is 98.5 Å². The predicted octanol–water partition coefficient (Wildman–Crippen LogP) is 0.0802. The second-order valence-electron chi connectivity index (χ2n) is 3.91. The lowest BCUT2D eigenvalue weighted by Gasteiger charge is -2.13. The monoisotopic (exact) mass is 274 g/mol. The standard InChI is InChI=1S/C14H14N2O4/c1-3-5-11(12(15)17)16-13(18)9-6-4-7-10(8-9)14(19)20-2/h1,4,6-8,11H,5H2,2H3,(H2,15,17)(H,16,18)/t11-/m0/s1. The highest BCUT2D eigenvalue weighted by molar-refractivity contribution is 5.99. The summed E-state index contributed by atoms with van der Waals surface area (Å²) >= 11 is 0. The maximum Gasteiger partial charge on any atom is 0.337 e. The predicted molar refractivity (Wildman–Crippen MR) is 71.7 cm³/mol. The van der Waals surface area contributed by atoms with E-state index in [1.807, 2.05) is 0 Å². The Hall–Kier alpha value is -2.81. The molecule has 0 aliphatic heterocycles. The molecule has 0 spiro atoms. The third-order valence-electron chi connectivity index (χ3n) is 2.52. The van der Waals surface area contributed by atoms with E-state index in [0.717, 1.165) is 0 Å². The summed E-state index contributed by atoms with van der Waals surface area (Å²) < 4.78 is 4.56. The van der Waals surface area contributed by atoms with Crippen LogP contribution in [0.25, 0.3) is 0 Å². The number of primary amides is 1. The molecule has 0 fully saturated rings. The molecule has 1 rings (SSSR count). The van der Waals surface area contributed by atoms with Crippen LogP contribution in [0.1, 0.15) is 27.1 Å². The Bertz CT molecular complexity index is 575. The number of nitrogens with two attached hydrogens (primary N) is 1. The van der Waals surface area contributed by atoms with Crippen molar-refractivity contribution in [2.24, 2.45) is 5.73 Å². The van der Waals surface area contributed by atoms with E-state index in [2.05, 4.69) is 16.0 Å². The zero-order chi connectivity index (χ0) is 15.1. The van der Waals surface area contributed by atoms with E-state index < -0.39 is 23.8 Å². The van der Waals surface area contributed by atoms with Crippen molar-refractivity contribution in [3.63, 3.8) is 0 Å². The lowest BCUT2D eigenvalue weighted by molar-refractivity contribution is -0.119. The van der Waals surface area contributed by atoms with Gasteiger partial charge in [-0.15, -0.1) is 12.3 Å². The average Bonchev–Trinajstić information content (AvgIpc) is 2.45. The number of methoxy groups -OCH3 is 1. The minimum absolute atomic E-state index is 0.00222. The Morgan fingerprint density at radius 1 is 1.40 bits per heavy atom. The quantitative estimate of drug-likeness (QED) is 0.586. The van der Waals surface area contributed by atoms with Crippen LogP contribution in [0.2, 0.25) is 0 Å². The number of rotatable bonds is 5. The van der Waals surface area contributed by atoms with Gasteiger partial charge in [0.05, 0.1) is 12.7 Å². The smallest absolute Gasteiger partial charge is 0.337 e. The van der Waals surface area contributed by atoms with Crippen molar-refractivity contribution in [2.45, 2.75) is 12.5 Å². The van der Waals surface area contributed by atoms with E-state index in [9.17, 15) is 14.4 Å². The first-order valence-electron chi connectivity index (χ1n) is 5.71. The Labute approximate surface area is 116 Å². The van der Waals surface area contributed by atoms with Crippen LogP contribution in [0.3, 0.4) is 0 Å². The molecule has 1 atom stereocenters. The molecule has 0 aliphatic rings. The van der Waals surface area contributed by atoms with Crippen molar-refractivity contribution >= 4 is 17.8 Å². The third kappa shape index (κ3) is 3.85. The number of benzene rings is 1. The van der Waals surface area contributed by atoms with Crippen LogP contribution in [0.4, 0.5) is 0 Å². The number of carbonyl (C=O) groups excluding carboxylic acids is 3. The Kier molecular flexibility index (Phi) is 5.30. The van der Waals surface area contributed by atoms with Gasteiger partial charge < -0.3 is 15.8 Å². The summed E-state index contributed by atoms with van der Waals surface area (Å²) in [5.41, 5.74) is 5.56. The number of hydrogen-bond acceptors (Lipinski definition) is 4. The molecular weight excluding hydrogens is 260 g/mol. The molecule has 0 bridgehead atoms. The van der Waals surface area contributed by atoms with Crippen molar-refractivity contribution < 1.29 is 19.1 Å². The van der Waals surface area contributed by atoms with Gasteiger partial charge in [0.25, 0.3) is 5.91 Å². The van der Waals surface area contributed by atoms with E-state index in [1.54, 1.807) is 0 Å². The van der Waals surface area contributed by atoms with Gasteiger partial charge in [-0.25, -0.2) is 4.79 Å². The fourth-order valence-electron chi connectivity index (χ4n) is 1.49. The largest absolute Gasteiger partial charge is 0.465 e. The molecule has 6 heteroatoms. The molecule has 0 saturated heterocycles. The van der Waals surface area contributed by atoms with Gasteiger partial charge in [0.2, 0.25) is 5.91 Å². The molecule has 104 valence electrons. The zero-order valence-corrected chi connectivity index (χ0v) is 10.9. The minimum atomic E-state index is -0.950. The van der Waals surface area contributed by atoms with Crippen LogP contribution in [0, 0.1) is 12.3 Å². The molecule has 2 amide bonds. The highest BCUT2D eigenvalue weighted by Gasteiger charge is 2.18. The SMILES string of the molecule is C#CC[C@H](NC(=O)c1cccc(C(=O)OC)c1)C(N)=O. The molecule has 0 heterocycles. The average molecular weight is 274 g/mol. The van der Waals surface area contributed by atoms with Crippen LogP contribution >= 0.6 is 0 Å². The molecule has 0 aliphatic carbocycles. The number of carbonyl (C=O) groups is 3. The fourth-order valence-corrected chi connectivity index (χ4v) is 1.49. The zero-order valence-electron chi connectivity index (χ0n) is 10.9. The fraction of sp³-hybridized carbons (Fsp3) is 0.214. The third-order valence-corrected chi connectivity index (χ3v) is 2.52. The first-order chi connectivity index (χ1) is 9.49. The lowest BCUT2D eigenvalue weighted by atomic mass is 10.1. The molecule has 1 aromatic carbocycles. The molecular formula is C14H14N2O4.